The zero-order valence-corrected chi connectivity index (χ0v) is 52.3. The number of fused-ring (bicyclic) bond motifs is 3. The van der Waals surface area contributed by atoms with E-state index in [4.69, 9.17) is 5.73 Å². The molecule has 0 atom stereocenters. The minimum Gasteiger partial charge on any atom is -0.398 e. The number of nitrogen functional groups attached to an aromatic ring is 1. The van der Waals surface area contributed by atoms with Gasteiger partial charge in [-0.25, -0.2) is 13.5 Å². The number of piperidine rings is 3. The number of halogens is 3. The first-order valence-corrected chi connectivity index (χ1v) is 31.0. The second kappa shape index (κ2) is 27.8. The van der Waals surface area contributed by atoms with Crippen molar-refractivity contribution < 1.29 is 47.7 Å². The summed E-state index contributed by atoms with van der Waals surface area (Å²) in [5.41, 5.74) is 7.80. The molecule has 495 valence electrons. The highest BCUT2D eigenvalue weighted by Gasteiger charge is 2.42. The van der Waals surface area contributed by atoms with Gasteiger partial charge in [-0.1, -0.05) is 67.2 Å². The summed E-state index contributed by atoms with van der Waals surface area (Å²) in [4.78, 5) is 91.7. The van der Waals surface area contributed by atoms with Gasteiger partial charge in [0, 0.05) is 84.0 Å². The monoisotopic (exact) mass is 1310 g/mol. The van der Waals surface area contributed by atoms with Crippen LogP contribution in [-0.2, 0) is 29.2 Å². The number of nitrogens with zero attached hydrogens (tertiary/aromatic N) is 12. The lowest BCUT2D eigenvalue weighted by atomic mass is 9.79. The molecule has 24 nitrogen and oxygen atoms in total. The van der Waals surface area contributed by atoms with Crippen LogP contribution in [0.5, 0.6) is 0 Å². The molecule has 3 aliphatic rings. The Balaban J connectivity index is 0.000000149. The minimum absolute atomic E-state index is 0.0123. The SMILES string of the molecule is C=C(C)C(=O)Nc1ccccc1-c1ccc(C(=O)N2CCC(O)(Cn3cnn4cccc4c3=O)CC2)cc1.Nc1ccccc1-c1ccc(C(=O)N2CCC(O)(Cn3cnn4cccc4c3=O)CC2)cc1.O=C([B]N1CCC(O)(Cn2cnn3cccc3c2=O)CC1)C(F)(F)F. The Morgan fingerprint density at radius 3 is 1.28 bits per heavy atom. The second-order valence-electron chi connectivity index (χ2n) is 24.5. The molecule has 0 aliphatic carbocycles. The molecule has 96 heavy (non-hydrogen) atoms. The van der Waals surface area contributed by atoms with Gasteiger partial charge in [-0.15, -0.1) is 0 Å². The Hall–Kier alpha value is -10.5. The van der Waals surface area contributed by atoms with Gasteiger partial charge in [0.2, 0.25) is 5.68 Å². The van der Waals surface area contributed by atoms with E-state index in [1.165, 1.54) is 51.0 Å². The standard InChI is InChI=1S/C29H29N5O4.C25H25N5O3.C14H15BF3N4O3/c1-20(2)26(35)31-24-7-4-3-6-23(24)21-9-11-22(12-10-21)27(36)32-16-13-29(38,14-17-32)18-33-19-30-34-15-5-8-25(34)28(33)37;26-21-5-2-1-4-20(21)18-7-9-19(10-8-18)23(31)28-14-11-25(33,12-15-28)16-29-17-27-30-13-3-6-22(30)24(29)32;16-14(17,18)12(24)15-21-6-3-13(25,4-7-21)8-20-9-19-22-5-1-2-10(22)11(20)23/h3-12,15,19,38H,1,13-14,16-18H2,2H3,(H,31,35);1-10,13,17,33H,11-12,14-16,26H2;1-2,5,9,25H,3-4,6-8H2. The highest BCUT2D eigenvalue weighted by Crippen LogP contribution is 2.32. The van der Waals surface area contributed by atoms with Crippen LogP contribution in [0.4, 0.5) is 24.5 Å². The van der Waals surface area contributed by atoms with Crippen LogP contribution < -0.4 is 27.7 Å². The van der Waals surface area contributed by atoms with Crippen molar-refractivity contribution in [1.82, 2.24) is 57.2 Å². The molecule has 0 unspecified atom stereocenters. The quantitative estimate of drug-likeness (QED) is 0.0489. The van der Waals surface area contributed by atoms with Gasteiger partial charge in [0.15, 0.2) is 0 Å². The first-order valence-electron chi connectivity index (χ1n) is 31.0. The van der Waals surface area contributed by atoms with E-state index in [0.717, 1.165) is 22.3 Å². The molecule has 0 spiro atoms. The highest BCUT2D eigenvalue weighted by molar-refractivity contribution is 6.73. The number of likely N-dealkylation sites (tertiary alicyclic amines) is 2. The lowest BCUT2D eigenvalue weighted by Crippen LogP contribution is -2.51. The van der Waals surface area contributed by atoms with Crippen molar-refractivity contribution in [3.63, 3.8) is 0 Å². The summed E-state index contributed by atoms with van der Waals surface area (Å²) < 4.78 is 45.5. The number of carbonyl (C=O) groups excluding carboxylic acids is 4. The Morgan fingerprint density at radius 1 is 0.531 bits per heavy atom. The number of hydrogen-bond donors (Lipinski definition) is 5. The number of benzene rings is 4. The first-order chi connectivity index (χ1) is 45.8. The fourth-order valence-corrected chi connectivity index (χ4v) is 12.0. The van der Waals surface area contributed by atoms with Crippen LogP contribution in [0.25, 0.3) is 38.8 Å². The van der Waals surface area contributed by atoms with Crippen molar-refractivity contribution in [3.05, 3.63) is 225 Å². The summed E-state index contributed by atoms with van der Waals surface area (Å²) >= 11 is 0. The third-order valence-corrected chi connectivity index (χ3v) is 17.6. The Bertz CT molecular complexity index is 4710. The molecule has 4 aromatic carbocycles. The largest absolute Gasteiger partial charge is 0.441 e. The number of carbonyl (C=O) groups is 4. The Labute approximate surface area is 547 Å². The third-order valence-electron chi connectivity index (χ3n) is 17.6. The molecule has 3 fully saturated rings. The van der Waals surface area contributed by atoms with E-state index in [1.54, 1.807) is 83.8 Å². The maximum absolute atomic E-state index is 13.2. The van der Waals surface area contributed by atoms with Crippen molar-refractivity contribution >= 4 is 58.7 Å². The molecule has 6 N–H and O–H groups in total. The third kappa shape index (κ3) is 15.2. The average molecular weight is 1310 g/mol. The Morgan fingerprint density at radius 2 is 0.896 bits per heavy atom. The van der Waals surface area contributed by atoms with Crippen LogP contribution in [0.15, 0.2) is 198 Å². The summed E-state index contributed by atoms with van der Waals surface area (Å²) in [6.45, 7) is 7.36. The van der Waals surface area contributed by atoms with Crippen LogP contribution in [0.3, 0.4) is 0 Å². The lowest BCUT2D eigenvalue weighted by Gasteiger charge is -2.38. The van der Waals surface area contributed by atoms with E-state index in [9.17, 15) is 62.1 Å². The predicted molar refractivity (Wildman–Crippen MR) is 353 cm³/mol. The molecule has 10 aromatic rings. The molecular weight excluding hydrogens is 1240 g/mol. The lowest BCUT2D eigenvalue weighted by molar-refractivity contribution is -0.162. The first kappa shape index (κ1) is 66.9. The molecule has 3 saturated heterocycles. The molecule has 6 aromatic heterocycles. The van der Waals surface area contributed by atoms with Gasteiger partial charge in [-0.05, 0) is 142 Å². The van der Waals surface area contributed by atoms with Gasteiger partial charge in [-0.3, -0.25) is 42.5 Å². The van der Waals surface area contributed by atoms with E-state index in [-0.39, 0.29) is 80.0 Å². The molecule has 0 bridgehead atoms. The van der Waals surface area contributed by atoms with Crippen LogP contribution >= 0.6 is 0 Å². The van der Waals surface area contributed by atoms with E-state index in [0.29, 0.717) is 104 Å². The molecule has 28 heteroatoms. The zero-order chi connectivity index (χ0) is 68.1. The van der Waals surface area contributed by atoms with Crippen LogP contribution in [0.1, 0.15) is 66.2 Å². The summed E-state index contributed by atoms with van der Waals surface area (Å²) in [7, 11) is 0.528. The van der Waals surface area contributed by atoms with E-state index < -0.39 is 28.7 Å². The number of rotatable bonds is 14. The van der Waals surface area contributed by atoms with Gasteiger partial charge in [0.25, 0.3) is 34.4 Å². The maximum Gasteiger partial charge on any atom is 0.441 e. The van der Waals surface area contributed by atoms with Crippen molar-refractivity contribution in [2.75, 3.05) is 50.3 Å². The fourth-order valence-electron chi connectivity index (χ4n) is 12.0. The molecule has 9 heterocycles. The number of anilines is 2. The highest BCUT2D eigenvalue weighted by atomic mass is 19.4. The number of para-hydroxylation sites is 2. The van der Waals surface area contributed by atoms with Crippen molar-refractivity contribution in [2.24, 2.45) is 0 Å². The second-order valence-corrected chi connectivity index (χ2v) is 24.5. The smallest absolute Gasteiger partial charge is 0.398 e. The van der Waals surface area contributed by atoms with Crippen molar-refractivity contribution in [1.29, 1.82) is 0 Å². The Kier molecular flexibility index (Phi) is 19.4. The van der Waals surface area contributed by atoms with E-state index in [1.807, 2.05) is 84.9 Å². The van der Waals surface area contributed by atoms with Gasteiger partial charge in [0.05, 0.1) is 36.4 Å². The molecule has 13 rings (SSSR count). The van der Waals surface area contributed by atoms with E-state index in [2.05, 4.69) is 27.2 Å². The van der Waals surface area contributed by atoms with Crippen molar-refractivity contribution in [2.45, 2.75) is 88.1 Å². The molecule has 3 aliphatic heterocycles. The number of alkyl halides is 3. The van der Waals surface area contributed by atoms with Gasteiger partial charge in [-0.2, -0.15) is 28.5 Å². The number of amides is 3. The predicted octanol–water partition coefficient (Wildman–Crippen LogP) is 5.79. The van der Waals surface area contributed by atoms with Crippen molar-refractivity contribution in [3.8, 4) is 22.3 Å². The summed E-state index contributed by atoms with van der Waals surface area (Å²) in [6, 6.07) is 40.0. The maximum atomic E-state index is 13.2. The van der Waals surface area contributed by atoms with Gasteiger partial charge >= 0.3 is 13.6 Å². The van der Waals surface area contributed by atoms with Gasteiger partial charge < -0.3 is 45.8 Å². The molecular formula is C68H69BF3N14O10. The molecule has 3 amide bonds. The number of hydrogen-bond acceptors (Lipinski definition) is 15. The zero-order valence-electron chi connectivity index (χ0n) is 52.3. The van der Waals surface area contributed by atoms with E-state index >= 15 is 0 Å². The van der Waals surface area contributed by atoms with Crippen LogP contribution in [0.2, 0.25) is 0 Å². The van der Waals surface area contributed by atoms with Crippen LogP contribution in [0, 0.1) is 0 Å². The van der Waals surface area contributed by atoms with Gasteiger partial charge in [0.1, 0.15) is 35.5 Å². The molecule has 0 saturated carbocycles. The average Bonchev–Trinajstić information content (AvgIpc) is 1.82. The number of aliphatic hydroxyl groups is 3. The number of nitrogens with one attached hydrogen (secondary N) is 1. The fraction of sp³-hybridized carbons (Fsp3) is 0.294. The normalized spacial score (nSPS) is 16.0. The summed E-state index contributed by atoms with van der Waals surface area (Å²) in [6.07, 6.45) is 6.08. The van der Waals surface area contributed by atoms with Crippen LogP contribution in [-0.4, -0.2) is 166 Å². The summed E-state index contributed by atoms with van der Waals surface area (Å²) in [5.74, 6) is -0.435. The summed E-state index contributed by atoms with van der Waals surface area (Å²) in [5, 5.41) is 48.2. The minimum atomic E-state index is -4.90. The number of nitrogens with two attached hydrogens (primary N) is 1. The molecule has 1 radical (unpaired) electrons. The topological polar surface area (TPSA) is 295 Å². The number of aromatic nitrogens is 9.